The maximum absolute atomic E-state index is 6.15. The lowest BCUT2D eigenvalue weighted by atomic mass is 10.1. The second-order valence-electron chi connectivity index (χ2n) is 3.79. The normalized spacial score (nSPS) is 12.6. The molecule has 96 valence electrons. The Morgan fingerprint density at radius 3 is 2.83 bits per heavy atom. The van der Waals surface area contributed by atoms with Crippen LogP contribution in [-0.2, 0) is 0 Å². The van der Waals surface area contributed by atoms with Crippen molar-refractivity contribution in [1.82, 2.24) is 0 Å². The van der Waals surface area contributed by atoms with Gasteiger partial charge in [-0.05, 0) is 42.1 Å². The van der Waals surface area contributed by atoms with Crippen molar-refractivity contribution in [1.29, 1.82) is 0 Å². The molecule has 1 heterocycles. The largest absolute Gasteiger partial charge is 0.330 e. The molecule has 0 spiro atoms. The van der Waals surface area contributed by atoms with Gasteiger partial charge in [0.25, 0.3) is 0 Å². The van der Waals surface area contributed by atoms with Crippen molar-refractivity contribution in [2.75, 3.05) is 6.54 Å². The van der Waals surface area contributed by atoms with Crippen LogP contribution in [0.25, 0.3) is 0 Å². The number of hydrogen-bond acceptors (Lipinski definition) is 3. The molecule has 0 saturated heterocycles. The molecule has 18 heavy (non-hydrogen) atoms. The Morgan fingerprint density at radius 1 is 1.39 bits per heavy atom. The summed E-state index contributed by atoms with van der Waals surface area (Å²) in [4.78, 5) is 0. The number of benzene rings is 1. The predicted octanol–water partition coefficient (Wildman–Crippen LogP) is 5.35. The minimum absolute atomic E-state index is 0.351. The lowest BCUT2D eigenvalue weighted by Crippen LogP contribution is -2.04. The van der Waals surface area contributed by atoms with Crippen LogP contribution in [0.15, 0.2) is 44.4 Å². The molecule has 5 heteroatoms. The smallest absolute Gasteiger partial charge is 0.0791 e. The Balaban J connectivity index is 2.20. The fourth-order valence-corrected chi connectivity index (χ4v) is 4.69. The molecule has 0 radical (unpaired) electrons. The highest BCUT2D eigenvalue weighted by molar-refractivity contribution is 9.10. The maximum Gasteiger partial charge on any atom is 0.0791 e. The van der Waals surface area contributed by atoms with Gasteiger partial charge >= 0.3 is 0 Å². The van der Waals surface area contributed by atoms with Gasteiger partial charge in [-0.25, -0.2) is 0 Å². The van der Waals surface area contributed by atoms with Crippen molar-refractivity contribution in [3.8, 4) is 0 Å². The van der Waals surface area contributed by atoms with E-state index in [0.717, 1.165) is 20.1 Å². The monoisotopic (exact) mass is 361 g/mol. The van der Waals surface area contributed by atoms with Crippen LogP contribution in [0.5, 0.6) is 0 Å². The Kier molecular flexibility index (Phi) is 5.57. The molecule has 1 aromatic carbocycles. The summed E-state index contributed by atoms with van der Waals surface area (Å²) in [6.45, 7) is 0.674. The summed E-state index contributed by atoms with van der Waals surface area (Å²) in [6, 6.07) is 10.3. The second-order valence-corrected chi connectivity index (χ2v) is 7.51. The molecule has 1 aromatic heterocycles. The summed E-state index contributed by atoms with van der Waals surface area (Å²) < 4.78 is 2.26. The van der Waals surface area contributed by atoms with Gasteiger partial charge in [0.15, 0.2) is 0 Å². The summed E-state index contributed by atoms with van der Waals surface area (Å²) in [5.74, 6) is 0. The Labute approximate surface area is 129 Å². The highest BCUT2D eigenvalue weighted by Gasteiger charge is 2.15. The Hall–Kier alpha value is -0.0000000000000000555. The molecule has 1 atom stereocenters. The summed E-state index contributed by atoms with van der Waals surface area (Å²) in [7, 11) is 0. The van der Waals surface area contributed by atoms with Gasteiger partial charge in [-0.3, -0.25) is 0 Å². The molecule has 2 N–H and O–H groups in total. The van der Waals surface area contributed by atoms with Gasteiger partial charge in [0, 0.05) is 9.72 Å². The number of hydrogen-bond donors (Lipinski definition) is 1. The molecule has 2 rings (SSSR count). The Bertz CT molecular complexity index is 515. The molecule has 0 bridgehead atoms. The fraction of sp³-hybridized carbons (Fsp3) is 0.231. The predicted molar refractivity (Wildman–Crippen MR) is 85.7 cm³/mol. The minimum atomic E-state index is 0.351. The van der Waals surface area contributed by atoms with E-state index in [2.05, 4.69) is 34.1 Å². The molecular weight excluding hydrogens is 350 g/mol. The van der Waals surface area contributed by atoms with Crippen molar-refractivity contribution in [3.05, 3.63) is 50.8 Å². The first-order valence-electron chi connectivity index (χ1n) is 5.56. The van der Waals surface area contributed by atoms with E-state index >= 15 is 0 Å². The quantitative estimate of drug-likeness (QED) is 0.726. The van der Waals surface area contributed by atoms with Crippen LogP contribution in [0, 0.1) is 0 Å². The third-order valence-corrected chi connectivity index (χ3v) is 6.03. The molecule has 1 nitrogen and oxygen atoms in total. The zero-order chi connectivity index (χ0) is 13.0. The van der Waals surface area contributed by atoms with Crippen LogP contribution in [0.4, 0.5) is 0 Å². The first-order valence-corrected chi connectivity index (χ1v) is 8.49. The van der Waals surface area contributed by atoms with E-state index in [1.54, 1.807) is 23.1 Å². The minimum Gasteiger partial charge on any atom is -0.330 e. The van der Waals surface area contributed by atoms with Crippen LogP contribution in [-0.4, -0.2) is 6.54 Å². The van der Waals surface area contributed by atoms with E-state index in [4.69, 9.17) is 17.3 Å². The zero-order valence-electron chi connectivity index (χ0n) is 9.61. The highest BCUT2D eigenvalue weighted by Crippen LogP contribution is 2.43. The second kappa shape index (κ2) is 6.96. The maximum atomic E-state index is 6.15. The highest BCUT2D eigenvalue weighted by atomic mass is 79.9. The van der Waals surface area contributed by atoms with Gasteiger partial charge in [0.05, 0.1) is 9.23 Å². The summed E-state index contributed by atoms with van der Waals surface area (Å²) in [5, 5.41) is 3.20. The Morgan fingerprint density at radius 2 is 2.22 bits per heavy atom. The van der Waals surface area contributed by atoms with E-state index in [0.29, 0.717) is 11.8 Å². The average molecular weight is 363 g/mol. The van der Waals surface area contributed by atoms with Gasteiger partial charge in [0.2, 0.25) is 0 Å². The standard InChI is InChI=1S/C13H13BrClNS2/c14-10-3-1-2-9(8-10)12(4-6-16)18-13-11(15)5-7-17-13/h1-3,5,7-8,12H,4,6,16H2. The third-order valence-electron chi connectivity index (χ3n) is 2.48. The van der Waals surface area contributed by atoms with Crippen LogP contribution < -0.4 is 5.73 Å². The molecule has 0 saturated carbocycles. The molecule has 0 amide bonds. The third kappa shape index (κ3) is 3.75. The molecule has 0 aliphatic rings. The number of thioether (sulfide) groups is 1. The molecule has 2 aromatic rings. The summed E-state index contributed by atoms with van der Waals surface area (Å²) in [5.41, 5.74) is 7.00. The van der Waals surface area contributed by atoms with Gasteiger partial charge in [-0.2, -0.15) is 0 Å². The van der Waals surface area contributed by atoms with Crippen molar-refractivity contribution in [2.24, 2.45) is 5.73 Å². The molecule has 0 aliphatic heterocycles. The van der Waals surface area contributed by atoms with E-state index in [1.165, 1.54) is 5.56 Å². The number of halogens is 2. The molecule has 1 unspecified atom stereocenters. The van der Waals surface area contributed by atoms with Crippen LogP contribution >= 0.6 is 50.6 Å². The first kappa shape index (κ1) is 14.4. The lowest BCUT2D eigenvalue weighted by Gasteiger charge is -2.15. The first-order chi connectivity index (χ1) is 8.70. The number of rotatable bonds is 5. The topological polar surface area (TPSA) is 26.0 Å². The zero-order valence-corrected chi connectivity index (χ0v) is 13.6. The van der Waals surface area contributed by atoms with Crippen molar-refractivity contribution >= 4 is 50.6 Å². The molecule has 0 aliphatic carbocycles. The van der Waals surface area contributed by atoms with Gasteiger partial charge < -0.3 is 5.73 Å². The molecule has 0 fully saturated rings. The van der Waals surface area contributed by atoms with Gasteiger partial charge in [-0.1, -0.05) is 39.7 Å². The fourth-order valence-electron chi connectivity index (χ4n) is 1.65. The van der Waals surface area contributed by atoms with Gasteiger partial charge in [0.1, 0.15) is 0 Å². The van der Waals surface area contributed by atoms with Crippen LogP contribution in [0.3, 0.4) is 0 Å². The lowest BCUT2D eigenvalue weighted by molar-refractivity contribution is 0.814. The van der Waals surface area contributed by atoms with Crippen LogP contribution in [0.1, 0.15) is 17.2 Å². The van der Waals surface area contributed by atoms with E-state index in [1.807, 2.05) is 17.5 Å². The van der Waals surface area contributed by atoms with Crippen molar-refractivity contribution in [2.45, 2.75) is 15.9 Å². The summed E-state index contributed by atoms with van der Waals surface area (Å²) >= 11 is 13.1. The van der Waals surface area contributed by atoms with Crippen LogP contribution in [0.2, 0.25) is 5.02 Å². The molecular formula is C13H13BrClNS2. The summed E-state index contributed by atoms with van der Waals surface area (Å²) in [6.07, 6.45) is 0.940. The number of thiophene rings is 1. The van der Waals surface area contributed by atoms with Crippen molar-refractivity contribution in [3.63, 3.8) is 0 Å². The van der Waals surface area contributed by atoms with Crippen molar-refractivity contribution < 1.29 is 0 Å². The van der Waals surface area contributed by atoms with E-state index in [-0.39, 0.29) is 0 Å². The average Bonchev–Trinajstić information content (AvgIpc) is 2.74. The van der Waals surface area contributed by atoms with Gasteiger partial charge in [-0.15, -0.1) is 23.1 Å². The SMILES string of the molecule is NCCC(Sc1sccc1Cl)c1cccc(Br)c1. The van der Waals surface area contributed by atoms with E-state index < -0.39 is 0 Å². The van der Waals surface area contributed by atoms with E-state index in [9.17, 15) is 0 Å². The number of nitrogens with two attached hydrogens (primary N) is 1.